The van der Waals surface area contributed by atoms with Gasteiger partial charge in [0, 0.05) is 24.6 Å². The summed E-state index contributed by atoms with van der Waals surface area (Å²) in [5, 5.41) is 6.73. The van der Waals surface area contributed by atoms with Crippen molar-refractivity contribution in [2.45, 2.75) is 38.1 Å². The number of nitrogens with one attached hydrogen (secondary N) is 2. The van der Waals surface area contributed by atoms with Gasteiger partial charge in [0.15, 0.2) is 0 Å². The molecule has 2 heterocycles. The zero-order valence-electron chi connectivity index (χ0n) is 10.00. The Morgan fingerprint density at radius 1 is 1.18 bits per heavy atom. The van der Waals surface area contributed by atoms with Crippen LogP contribution in [0.15, 0.2) is 0 Å². The van der Waals surface area contributed by atoms with Gasteiger partial charge in [-0.25, -0.2) is 4.98 Å². The van der Waals surface area contributed by atoms with Crippen LogP contribution >= 0.6 is 0 Å². The number of hydrogen-bond acceptors (Lipinski definition) is 5. The molecule has 1 aromatic heterocycles. The maximum absolute atomic E-state index is 6.03. The number of nitrogens with two attached hydrogens (primary N) is 1. The number of hydrogen-bond donors (Lipinski definition) is 3. The Balaban J connectivity index is 1.85. The Morgan fingerprint density at radius 3 is 2.76 bits per heavy atom. The van der Waals surface area contributed by atoms with Crippen LogP contribution in [0, 0.1) is 0 Å². The van der Waals surface area contributed by atoms with Crippen LogP contribution in [-0.2, 0) is 12.8 Å². The molecule has 0 atom stereocenters. The first-order valence-corrected chi connectivity index (χ1v) is 6.45. The SMILES string of the molecule is Nc1nc(NC2CCC2)nc2c1CCNCC2. The summed E-state index contributed by atoms with van der Waals surface area (Å²) in [5.41, 5.74) is 8.28. The second kappa shape index (κ2) is 4.49. The molecule has 5 heteroatoms. The minimum atomic E-state index is 0.552. The fourth-order valence-corrected chi connectivity index (χ4v) is 2.37. The summed E-state index contributed by atoms with van der Waals surface area (Å²) < 4.78 is 0. The molecule has 0 spiro atoms. The van der Waals surface area contributed by atoms with E-state index in [4.69, 9.17) is 5.73 Å². The lowest BCUT2D eigenvalue weighted by atomic mass is 9.93. The molecular weight excluding hydrogens is 214 g/mol. The molecule has 3 rings (SSSR count). The highest BCUT2D eigenvalue weighted by Gasteiger charge is 2.20. The van der Waals surface area contributed by atoms with Crippen LogP contribution < -0.4 is 16.4 Å². The van der Waals surface area contributed by atoms with Crippen molar-refractivity contribution in [1.29, 1.82) is 0 Å². The highest BCUT2D eigenvalue weighted by molar-refractivity contribution is 5.48. The fourth-order valence-electron chi connectivity index (χ4n) is 2.37. The molecule has 0 unspecified atom stereocenters. The lowest BCUT2D eigenvalue weighted by Crippen LogP contribution is -2.28. The number of anilines is 2. The van der Waals surface area contributed by atoms with E-state index in [0.717, 1.165) is 37.2 Å². The van der Waals surface area contributed by atoms with Gasteiger partial charge >= 0.3 is 0 Å². The Morgan fingerprint density at radius 2 is 2.00 bits per heavy atom. The van der Waals surface area contributed by atoms with E-state index >= 15 is 0 Å². The third-order valence-corrected chi connectivity index (χ3v) is 3.65. The van der Waals surface area contributed by atoms with Crippen molar-refractivity contribution >= 4 is 11.8 Å². The molecule has 0 aromatic carbocycles. The van der Waals surface area contributed by atoms with Crippen LogP contribution in [0.3, 0.4) is 0 Å². The van der Waals surface area contributed by atoms with Gasteiger partial charge in [-0.15, -0.1) is 0 Å². The van der Waals surface area contributed by atoms with Crippen LogP contribution in [0.2, 0.25) is 0 Å². The van der Waals surface area contributed by atoms with Gasteiger partial charge in [-0.2, -0.15) is 4.98 Å². The summed E-state index contributed by atoms with van der Waals surface area (Å²) in [6, 6.07) is 0.552. The molecule has 1 aliphatic heterocycles. The topological polar surface area (TPSA) is 75.9 Å². The molecule has 2 aliphatic rings. The van der Waals surface area contributed by atoms with E-state index in [-0.39, 0.29) is 0 Å². The van der Waals surface area contributed by atoms with Crippen molar-refractivity contribution in [2.24, 2.45) is 0 Å². The second-order valence-corrected chi connectivity index (χ2v) is 4.88. The Bertz CT molecular complexity index is 414. The van der Waals surface area contributed by atoms with E-state index < -0.39 is 0 Å². The summed E-state index contributed by atoms with van der Waals surface area (Å²) in [5.74, 6) is 1.37. The van der Waals surface area contributed by atoms with Gasteiger partial charge < -0.3 is 16.4 Å². The van der Waals surface area contributed by atoms with Crippen molar-refractivity contribution in [1.82, 2.24) is 15.3 Å². The summed E-state index contributed by atoms with van der Waals surface area (Å²) in [7, 11) is 0. The third-order valence-electron chi connectivity index (χ3n) is 3.65. The van der Waals surface area contributed by atoms with Gasteiger partial charge in [-0.05, 0) is 32.2 Å². The Hall–Kier alpha value is -1.36. The predicted molar refractivity (Wildman–Crippen MR) is 68.0 cm³/mol. The molecule has 92 valence electrons. The Labute approximate surface area is 101 Å². The monoisotopic (exact) mass is 233 g/mol. The van der Waals surface area contributed by atoms with Crippen LogP contribution in [0.1, 0.15) is 30.5 Å². The quantitative estimate of drug-likeness (QED) is 0.701. The maximum atomic E-state index is 6.03. The zero-order valence-corrected chi connectivity index (χ0v) is 10.00. The molecular formula is C12H19N5. The van der Waals surface area contributed by atoms with E-state index in [9.17, 15) is 0 Å². The molecule has 1 saturated carbocycles. The highest BCUT2D eigenvalue weighted by Crippen LogP contribution is 2.24. The van der Waals surface area contributed by atoms with Gasteiger partial charge in [0.1, 0.15) is 5.82 Å². The van der Waals surface area contributed by atoms with Crippen molar-refractivity contribution in [3.63, 3.8) is 0 Å². The predicted octanol–water partition coefficient (Wildman–Crippen LogP) is 0.711. The molecule has 4 N–H and O–H groups in total. The van der Waals surface area contributed by atoms with Crippen molar-refractivity contribution < 1.29 is 0 Å². The second-order valence-electron chi connectivity index (χ2n) is 4.88. The first-order chi connectivity index (χ1) is 8.33. The molecule has 0 radical (unpaired) electrons. The van der Waals surface area contributed by atoms with Gasteiger partial charge in [0.25, 0.3) is 0 Å². The molecule has 0 saturated heterocycles. The summed E-state index contributed by atoms with van der Waals surface area (Å²) >= 11 is 0. The minimum absolute atomic E-state index is 0.552. The summed E-state index contributed by atoms with van der Waals surface area (Å²) in [6.07, 6.45) is 5.64. The fraction of sp³-hybridized carbons (Fsp3) is 0.667. The zero-order chi connectivity index (χ0) is 11.7. The average molecular weight is 233 g/mol. The van der Waals surface area contributed by atoms with E-state index in [1.165, 1.54) is 19.3 Å². The first kappa shape index (κ1) is 10.8. The lowest BCUT2D eigenvalue weighted by molar-refractivity contribution is 0.443. The van der Waals surface area contributed by atoms with Crippen molar-refractivity contribution in [3.05, 3.63) is 11.3 Å². The molecule has 0 bridgehead atoms. The smallest absolute Gasteiger partial charge is 0.225 e. The van der Waals surface area contributed by atoms with Gasteiger partial charge in [-0.1, -0.05) is 0 Å². The van der Waals surface area contributed by atoms with Crippen LogP contribution in [0.5, 0.6) is 0 Å². The largest absolute Gasteiger partial charge is 0.383 e. The van der Waals surface area contributed by atoms with Crippen molar-refractivity contribution in [3.8, 4) is 0 Å². The first-order valence-electron chi connectivity index (χ1n) is 6.45. The van der Waals surface area contributed by atoms with Crippen molar-refractivity contribution in [2.75, 3.05) is 24.1 Å². The molecule has 1 fully saturated rings. The third kappa shape index (κ3) is 2.20. The van der Waals surface area contributed by atoms with Gasteiger partial charge in [0.2, 0.25) is 5.95 Å². The molecule has 5 nitrogen and oxygen atoms in total. The van der Waals surface area contributed by atoms with E-state index in [2.05, 4.69) is 20.6 Å². The summed E-state index contributed by atoms with van der Waals surface area (Å²) in [4.78, 5) is 8.99. The van der Waals surface area contributed by atoms with Crippen LogP contribution in [0.4, 0.5) is 11.8 Å². The standard InChI is InChI=1S/C12H19N5/c13-11-9-4-6-14-7-5-10(9)16-12(17-11)15-8-2-1-3-8/h8,14H,1-7H2,(H3,13,15,16,17). The molecule has 0 amide bonds. The van der Waals surface area contributed by atoms with Crippen LogP contribution in [0.25, 0.3) is 0 Å². The highest BCUT2D eigenvalue weighted by atomic mass is 15.1. The number of fused-ring (bicyclic) bond motifs is 1. The lowest BCUT2D eigenvalue weighted by Gasteiger charge is -2.26. The minimum Gasteiger partial charge on any atom is -0.383 e. The van der Waals surface area contributed by atoms with Gasteiger partial charge in [0.05, 0.1) is 5.69 Å². The van der Waals surface area contributed by atoms with Gasteiger partial charge in [-0.3, -0.25) is 0 Å². The molecule has 1 aromatic rings. The Kier molecular flexibility index (Phi) is 2.84. The van der Waals surface area contributed by atoms with E-state index in [1.54, 1.807) is 0 Å². The van der Waals surface area contributed by atoms with E-state index in [1.807, 2.05) is 0 Å². The molecule has 1 aliphatic carbocycles. The van der Waals surface area contributed by atoms with Crippen LogP contribution in [-0.4, -0.2) is 29.1 Å². The average Bonchev–Trinajstić information content (AvgIpc) is 2.49. The number of aromatic nitrogens is 2. The summed E-state index contributed by atoms with van der Waals surface area (Å²) in [6.45, 7) is 1.95. The normalized spacial score (nSPS) is 20.2. The number of nitrogen functional groups attached to an aromatic ring is 1. The molecule has 17 heavy (non-hydrogen) atoms. The number of rotatable bonds is 2. The maximum Gasteiger partial charge on any atom is 0.225 e. The number of nitrogens with zero attached hydrogens (tertiary/aromatic N) is 2. The van der Waals surface area contributed by atoms with E-state index in [0.29, 0.717) is 17.8 Å².